The highest BCUT2D eigenvalue weighted by Gasteiger charge is 2.41. The highest BCUT2D eigenvalue weighted by Crippen LogP contribution is 2.35. The number of benzene rings is 2. The summed E-state index contributed by atoms with van der Waals surface area (Å²) in [5.74, 6) is 0.989. The Hall–Kier alpha value is -2.62. The summed E-state index contributed by atoms with van der Waals surface area (Å²) in [6, 6.07) is 17.3. The maximum Gasteiger partial charge on any atom is 0.255 e. The fourth-order valence-electron chi connectivity index (χ4n) is 4.83. The Kier molecular flexibility index (Phi) is 5.70. The van der Waals surface area contributed by atoms with Crippen molar-refractivity contribution in [2.45, 2.75) is 51.6 Å². The number of fused-ring (bicyclic) bond motifs is 1. The normalized spacial score (nSPS) is 26.3. The predicted molar refractivity (Wildman–Crippen MR) is 114 cm³/mol. The van der Waals surface area contributed by atoms with Crippen LogP contribution < -0.4 is 5.32 Å². The molecular formula is C25H30N2O2. The first-order valence-electron chi connectivity index (χ1n) is 10.8. The lowest BCUT2D eigenvalue weighted by molar-refractivity contribution is -0.127. The van der Waals surface area contributed by atoms with E-state index >= 15 is 0 Å². The summed E-state index contributed by atoms with van der Waals surface area (Å²) in [6.45, 7) is 5.03. The Labute approximate surface area is 173 Å². The van der Waals surface area contributed by atoms with Gasteiger partial charge < -0.3 is 10.2 Å². The maximum atomic E-state index is 13.4. The molecule has 0 saturated heterocycles. The third kappa shape index (κ3) is 3.93. The lowest BCUT2D eigenvalue weighted by Crippen LogP contribution is -2.48. The molecule has 1 saturated carbocycles. The van der Waals surface area contributed by atoms with E-state index in [1.165, 1.54) is 12.0 Å². The van der Waals surface area contributed by atoms with E-state index in [-0.39, 0.29) is 17.9 Å². The smallest absolute Gasteiger partial charge is 0.255 e. The van der Waals surface area contributed by atoms with Gasteiger partial charge in [-0.1, -0.05) is 75.2 Å². The summed E-state index contributed by atoms with van der Waals surface area (Å²) >= 11 is 0. The Morgan fingerprint density at radius 3 is 2.55 bits per heavy atom. The molecule has 4 atom stereocenters. The fraction of sp³-hybridized carbons (Fsp3) is 0.440. The van der Waals surface area contributed by atoms with Gasteiger partial charge in [0.15, 0.2) is 0 Å². The van der Waals surface area contributed by atoms with Crippen LogP contribution in [0.1, 0.15) is 60.6 Å². The van der Waals surface area contributed by atoms with E-state index < -0.39 is 6.04 Å². The number of carbonyl (C=O) groups is 2. The van der Waals surface area contributed by atoms with Gasteiger partial charge in [0.2, 0.25) is 5.91 Å². The van der Waals surface area contributed by atoms with Gasteiger partial charge in [-0.05, 0) is 41.9 Å². The van der Waals surface area contributed by atoms with E-state index in [4.69, 9.17) is 0 Å². The first kappa shape index (κ1) is 19.7. The molecular weight excluding hydrogens is 360 g/mol. The van der Waals surface area contributed by atoms with E-state index in [2.05, 4.69) is 31.3 Å². The van der Waals surface area contributed by atoms with Crippen LogP contribution in [0.15, 0.2) is 54.6 Å². The molecule has 1 heterocycles. The first-order chi connectivity index (χ1) is 14.1. The minimum Gasteiger partial charge on any atom is -0.351 e. The van der Waals surface area contributed by atoms with E-state index in [9.17, 15) is 9.59 Å². The molecule has 0 radical (unpaired) electrons. The molecule has 0 aromatic heterocycles. The second kappa shape index (κ2) is 8.40. The van der Waals surface area contributed by atoms with Gasteiger partial charge in [0.05, 0.1) is 0 Å². The van der Waals surface area contributed by atoms with E-state index in [1.54, 1.807) is 4.90 Å². The average molecular weight is 391 g/mol. The van der Waals surface area contributed by atoms with Crippen LogP contribution in [0.3, 0.4) is 0 Å². The molecule has 29 heavy (non-hydrogen) atoms. The van der Waals surface area contributed by atoms with Crippen LogP contribution in [0, 0.1) is 11.8 Å². The zero-order valence-electron chi connectivity index (χ0n) is 17.3. The molecule has 1 aliphatic heterocycles. The number of carbonyl (C=O) groups excluding carboxylic acids is 2. The van der Waals surface area contributed by atoms with Crippen molar-refractivity contribution in [3.63, 3.8) is 0 Å². The van der Waals surface area contributed by atoms with Crippen molar-refractivity contribution in [3.8, 4) is 0 Å². The number of nitrogens with zero attached hydrogens (tertiary/aromatic N) is 1. The Morgan fingerprint density at radius 2 is 1.76 bits per heavy atom. The van der Waals surface area contributed by atoms with Crippen molar-refractivity contribution in [2.24, 2.45) is 11.8 Å². The lowest BCUT2D eigenvalue weighted by Gasteiger charge is -2.36. The van der Waals surface area contributed by atoms with Gasteiger partial charge in [-0.2, -0.15) is 0 Å². The standard InChI is InChI=1S/C25H30N2O2/c1-17-9-8-14-22(18(17)2)26-24(28)23-20-12-6-7-13-21(20)25(29)27(23)16-15-19-10-4-3-5-11-19/h3-7,10-13,17-18,22-23H,8-9,14-16H2,1-2H3,(H,26,28)/t17-,18+,22+,23+/m1/s1. The van der Waals surface area contributed by atoms with Gasteiger partial charge in [0.1, 0.15) is 6.04 Å². The molecule has 2 amide bonds. The van der Waals surface area contributed by atoms with E-state index in [0.29, 0.717) is 23.9 Å². The van der Waals surface area contributed by atoms with Crippen LogP contribution >= 0.6 is 0 Å². The molecule has 1 N–H and O–H groups in total. The van der Waals surface area contributed by atoms with Crippen molar-refractivity contribution in [1.29, 1.82) is 0 Å². The molecule has 0 unspecified atom stereocenters. The van der Waals surface area contributed by atoms with Gasteiger partial charge in [0.25, 0.3) is 5.91 Å². The fourth-order valence-corrected chi connectivity index (χ4v) is 4.83. The topological polar surface area (TPSA) is 49.4 Å². The molecule has 0 bridgehead atoms. The SMILES string of the molecule is C[C@H]1[C@H](C)CCC[C@@H]1NC(=O)[C@@H]1c2ccccc2C(=O)N1CCc1ccccc1. The van der Waals surface area contributed by atoms with Crippen molar-refractivity contribution < 1.29 is 9.59 Å². The molecule has 4 nitrogen and oxygen atoms in total. The maximum absolute atomic E-state index is 13.4. The molecule has 2 aromatic rings. The molecule has 4 rings (SSSR count). The van der Waals surface area contributed by atoms with E-state index in [1.807, 2.05) is 42.5 Å². The summed E-state index contributed by atoms with van der Waals surface area (Å²) < 4.78 is 0. The number of hydrogen-bond acceptors (Lipinski definition) is 2. The van der Waals surface area contributed by atoms with E-state index in [0.717, 1.165) is 24.8 Å². The molecule has 152 valence electrons. The highest BCUT2D eigenvalue weighted by molar-refractivity contribution is 6.04. The second-order valence-corrected chi connectivity index (χ2v) is 8.61. The summed E-state index contributed by atoms with van der Waals surface area (Å²) in [7, 11) is 0. The Morgan fingerprint density at radius 1 is 1.03 bits per heavy atom. The predicted octanol–water partition coefficient (Wildman–Crippen LogP) is 4.37. The van der Waals surface area contributed by atoms with Crippen LogP contribution in [-0.4, -0.2) is 29.3 Å². The van der Waals surface area contributed by atoms with Crippen LogP contribution in [0.2, 0.25) is 0 Å². The molecule has 1 fully saturated rings. The zero-order valence-corrected chi connectivity index (χ0v) is 17.3. The Bertz CT molecular complexity index is 879. The summed E-state index contributed by atoms with van der Waals surface area (Å²) in [6.07, 6.45) is 4.13. The number of nitrogens with one attached hydrogen (secondary N) is 1. The monoisotopic (exact) mass is 390 g/mol. The highest BCUT2D eigenvalue weighted by atomic mass is 16.2. The molecule has 2 aromatic carbocycles. The summed E-state index contributed by atoms with van der Waals surface area (Å²) in [4.78, 5) is 28.2. The third-order valence-electron chi connectivity index (χ3n) is 6.83. The summed E-state index contributed by atoms with van der Waals surface area (Å²) in [5.41, 5.74) is 2.66. The van der Waals surface area contributed by atoms with Gasteiger partial charge in [-0.15, -0.1) is 0 Å². The van der Waals surface area contributed by atoms with Crippen molar-refractivity contribution in [2.75, 3.05) is 6.54 Å². The van der Waals surface area contributed by atoms with Gasteiger partial charge in [0, 0.05) is 18.2 Å². The van der Waals surface area contributed by atoms with Crippen molar-refractivity contribution >= 4 is 11.8 Å². The first-order valence-corrected chi connectivity index (χ1v) is 10.8. The average Bonchev–Trinajstić information content (AvgIpc) is 3.03. The van der Waals surface area contributed by atoms with Crippen LogP contribution in [0.5, 0.6) is 0 Å². The minimum absolute atomic E-state index is 0.0395. The summed E-state index contributed by atoms with van der Waals surface area (Å²) in [5, 5.41) is 3.30. The largest absolute Gasteiger partial charge is 0.351 e. The second-order valence-electron chi connectivity index (χ2n) is 8.61. The van der Waals surface area contributed by atoms with Gasteiger partial charge >= 0.3 is 0 Å². The number of rotatable bonds is 5. The minimum atomic E-state index is -0.535. The third-order valence-corrected chi connectivity index (χ3v) is 6.83. The van der Waals surface area contributed by atoms with Gasteiger partial charge in [-0.3, -0.25) is 9.59 Å². The molecule has 1 aliphatic carbocycles. The van der Waals surface area contributed by atoms with Crippen molar-refractivity contribution in [3.05, 3.63) is 71.3 Å². The molecule has 2 aliphatic rings. The van der Waals surface area contributed by atoms with Crippen molar-refractivity contribution in [1.82, 2.24) is 10.2 Å². The quantitative estimate of drug-likeness (QED) is 0.824. The van der Waals surface area contributed by atoms with Crippen LogP contribution in [-0.2, 0) is 11.2 Å². The Balaban J connectivity index is 1.55. The number of amides is 2. The molecule has 0 spiro atoms. The number of hydrogen-bond donors (Lipinski definition) is 1. The van der Waals surface area contributed by atoms with Crippen LogP contribution in [0.25, 0.3) is 0 Å². The zero-order chi connectivity index (χ0) is 20.4. The van der Waals surface area contributed by atoms with Gasteiger partial charge in [-0.25, -0.2) is 0 Å². The lowest BCUT2D eigenvalue weighted by atomic mass is 9.78. The molecule has 4 heteroatoms. The van der Waals surface area contributed by atoms with Crippen LogP contribution in [0.4, 0.5) is 0 Å².